The van der Waals surface area contributed by atoms with Crippen molar-refractivity contribution in [2.24, 2.45) is 0 Å². The van der Waals surface area contributed by atoms with Crippen LogP contribution in [0.3, 0.4) is 0 Å². The molecule has 0 bridgehead atoms. The molecule has 2 aromatic carbocycles. The normalized spacial score (nSPS) is 11.8. The molecule has 2 aromatic heterocycles. The number of fused-ring (bicyclic) bond motifs is 1. The van der Waals surface area contributed by atoms with Gasteiger partial charge in [0.2, 0.25) is 0 Å². The van der Waals surface area contributed by atoms with E-state index in [1.807, 2.05) is 37.3 Å². The van der Waals surface area contributed by atoms with Crippen LogP contribution < -0.4 is 5.32 Å². The van der Waals surface area contributed by atoms with Crippen molar-refractivity contribution in [3.05, 3.63) is 70.3 Å². The van der Waals surface area contributed by atoms with Gasteiger partial charge in [-0.05, 0) is 42.2 Å². The number of nitrogens with zero attached hydrogens (tertiary/aromatic N) is 4. The molecular formula is C22H22BrN5. The molecule has 0 unspecified atom stereocenters. The lowest BCUT2D eigenvalue weighted by molar-refractivity contribution is 0.590. The van der Waals surface area contributed by atoms with E-state index < -0.39 is 0 Å². The molecule has 4 aromatic rings. The summed E-state index contributed by atoms with van der Waals surface area (Å²) < 4.78 is 2.79. The van der Waals surface area contributed by atoms with Gasteiger partial charge in [-0.1, -0.05) is 61.0 Å². The summed E-state index contributed by atoms with van der Waals surface area (Å²) in [6, 6.07) is 18.4. The summed E-state index contributed by atoms with van der Waals surface area (Å²) in [6.07, 6.45) is 0. The Morgan fingerprint density at radius 1 is 0.929 bits per heavy atom. The molecule has 0 radical (unpaired) electrons. The molecule has 4 rings (SSSR count). The van der Waals surface area contributed by atoms with Crippen LogP contribution in [-0.2, 0) is 5.41 Å². The van der Waals surface area contributed by atoms with Crippen molar-refractivity contribution in [2.45, 2.75) is 33.1 Å². The van der Waals surface area contributed by atoms with Crippen LogP contribution in [0, 0.1) is 6.92 Å². The Kier molecular flexibility index (Phi) is 4.67. The predicted octanol–water partition coefficient (Wildman–Crippen LogP) is 5.90. The summed E-state index contributed by atoms with van der Waals surface area (Å²) in [5, 5.41) is 8.11. The summed E-state index contributed by atoms with van der Waals surface area (Å²) in [7, 11) is 0. The van der Waals surface area contributed by atoms with E-state index in [-0.39, 0.29) is 5.41 Å². The standard InChI is InChI=1S/C22H22BrN5/c1-14-13-19(25-18-11-9-17(23)10-12-18)28-21(24-14)26-20(27-28)15-5-7-16(8-6-15)22(2,3)4/h5-13,25H,1-4H3. The van der Waals surface area contributed by atoms with E-state index in [1.54, 1.807) is 4.52 Å². The topological polar surface area (TPSA) is 55.1 Å². The highest BCUT2D eigenvalue weighted by molar-refractivity contribution is 9.10. The maximum atomic E-state index is 4.70. The van der Waals surface area contributed by atoms with Gasteiger partial charge in [0.1, 0.15) is 5.82 Å². The fourth-order valence-corrected chi connectivity index (χ4v) is 3.26. The van der Waals surface area contributed by atoms with Crippen molar-refractivity contribution in [3.8, 4) is 11.4 Å². The minimum atomic E-state index is 0.116. The highest BCUT2D eigenvalue weighted by Gasteiger charge is 2.15. The van der Waals surface area contributed by atoms with Gasteiger partial charge >= 0.3 is 0 Å². The third-order valence-corrected chi connectivity index (χ3v) is 5.09. The predicted molar refractivity (Wildman–Crippen MR) is 117 cm³/mol. The maximum absolute atomic E-state index is 4.70. The molecule has 0 fully saturated rings. The molecule has 0 saturated carbocycles. The molecule has 0 spiro atoms. The number of anilines is 2. The van der Waals surface area contributed by atoms with Crippen LogP contribution in [0.1, 0.15) is 32.0 Å². The summed E-state index contributed by atoms with van der Waals surface area (Å²) in [4.78, 5) is 9.18. The molecule has 6 heteroatoms. The highest BCUT2D eigenvalue weighted by Crippen LogP contribution is 2.26. The maximum Gasteiger partial charge on any atom is 0.254 e. The number of nitrogens with one attached hydrogen (secondary N) is 1. The second-order valence-corrected chi connectivity index (χ2v) is 8.80. The second kappa shape index (κ2) is 7.02. The molecule has 28 heavy (non-hydrogen) atoms. The van der Waals surface area contributed by atoms with Crippen LogP contribution in [-0.4, -0.2) is 19.6 Å². The van der Waals surface area contributed by atoms with Gasteiger partial charge in [-0.2, -0.15) is 9.50 Å². The van der Waals surface area contributed by atoms with Crippen molar-refractivity contribution in [1.82, 2.24) is 19.6 Å². The Hall–Kier alpha value is -2.73. The van der Waals surface area contributed by atoms with E-state index in [9.17, 15) is 0 Å². The van der Waals surface area contributed by atoms with Crippen LogP contribution in [0.15, 0.2) is 59.1 Å². The van der Waals surface area contributed by atoms with E-state index in [2.05, 4.69) is 76.3 Å². The van der Waals surface area contributed by atoms with Gasteiger partial charge in [0.25, 0.3) is 5.78 Å². The summed E-state index contributed by atoms with van der Waals surface area (Å²) in [6.45, 7) is 8.58. The van der Waals surface area contributed by atoms with Gasteiger partial charge in [0.15, 0.2) is 5.82 Å². The first-order valence-corrected chi connectivity index (χ1v) is 9.97. The fraction of sp³-hybridized carbons (Fsp3) is 0.227. The zero-order valence-corrected chi connectivity index (χ0v) is 17.9. The molecule has 0 atom stereocenters. The molecular weight excluding hydrogens is 414 g/mol. The minimum Gasteiger partial charge on any atom is -0.340 e. The van der Waals surface area contributed by atoms with Gasteiger partial charge in [0.05, 0.1) is 0 Å². The van der Waals surface area contributed by atoms with Crippen LogP contribution in [0.25, 0.3) is 17.2 Å². The van der Waals surface area contributed by atoms with Gasteiger partial charge in [-0.15, -0.1) is 5.10 Å². The molecule has 0 aliphatic carbocycles. The first-order chi connectivity index (χ1) is 13.3. The monoisotopic (exact) mass is 435 g/mol. The van der Waals surface area contributed by atoms with E-state index >= 15 is 0 Å². The van der Waals surface area contributed by atoms with Crippen molar-refractivity contribution >= 4 is 33.2 Å². The SMILES string of the molecule is Cc1cc(Nc2ccc(Br)cc2)n2nc(-c3ccc(C(C)(C)C)cc3)nc2n1. The van der Waals surface area contributed by atoms with Gasteiger partial charge in [-0.3, -0.25) is 0 Å². The first kappa shape index (κ1) is 18.6. The van der Waals surface area contributed by atoms with Gasteiger partial charge < -0.3 is 5.32 Å². The lowest BCUT2D eigenvalue weighted by atomic mass is 9.87. The average Bonchev–Trinajstić information content (AvgIpc) is 3.07. The Labute approximate surface area is 173 Å². The third kappa shape index (κ3) is 3.78. The average molecular weight is 436 g/mol. The van der Waals surface area contributed by atoms with Crippen LogP contribution >= 0.6 is 15.9 Å². The van der Waals surface area contributed by atoms with Crippen LogP contribution in [0.4, 0.5) is 11.5 Å². The molecule has 5 nitrogen and oxygen atoms in total. The van der Waals surface area contributed by atoms with Crippen molar-refractivity contribution in [1.29, 1.82) is 0 Å². The minimum absolute atomic E-state index is 0.116. The van der Waals surface area contributed by atoms with Crippen LogP contribution in [0.2, 0.25) is 0 Å². The largest absolute Gasteiger partial charge is 0.340 e. The number of rotatable bonds is 3. The molecule has 0 aliphatic heterocycles. The van der Waals surface area contributed by atoms with Crippen molar-refractivity contribution in [3.63, 3.8) is 0 Å². The number of hydrogen-bond acceptors (Lipinski definition) is 4. The number of hydrogen-bond donors (Lipinski definition) is 1. The number of aryl methyl sites for hydroxylation is 1. The third-order valence-electron chi connectivity index (χ3n) is 4.57. The Morgan fingerprint density at radius 2 is 1.61 bits per heavy atom. The van der Waals surface area contributed by atoms with Crippen LogP contribution in [0.5, 0.6) is 0 Å². The second-order valence-electron chi connectivity index (χ2n) is 7.89. The highest BCUT2D eigenvalue weighted by atomic mass is 79.9. The molecule has 142 valence electrons. The molecule has 0 saturated heterocycles. The summed E-state index contributed by atoms with van der Waals surface area (Å²) >= 11 is 3.46. The molecule has 1 N–H and O–H groups in total. The first-order valence-electron chi connectivity index (χ1n) is 9.17. The fourth-order valence-electron chi connectivity index (χ4n) is 3.00. The van der Waals surface area contributed by atoms with E-state index in [0.717, 1.165) is 27.2 Å². The van der Waals surface area contributed by atoms with Crippen molar-refractivity contribution in [2.75, 3.05) is 5.32 Å². The molecule has 0 aliphatic rings. The smallest absolute Gasteiger partial charge is 0.254 e. The van der Waals surface area contributed by atoms with Crippen molar-refractivity contribution < 1.29 is 0 Å². The quantitative estimate of drug-likeness (QED) is 0.434. The zero-order chi connectivity index (χ0) is 19.9. The van der Waals surface area contributed by atoms with E-state index in [0.29, 0.717) is 11.6 Å². The summed E-state index contributed by atoms with van der Waals surface area (Å²) in [5.41, 5.74) is 4.24. The molecule has 2 heterocycles. The van der Waals surface area contributed by atoms with E-state index in [4.69, 9.17) is 5.10 Å². The van der Waals surface area contributed by atoms with E-state index in [1.165, 1.54) is 5.56 Å². The number of benzene rings is 2. The summed E-state index contributed by atoms with van der Waals surface area (Å²) in [5.74, 6) is 2.07. The van der Waals surface area contributed by atoms with Gasteiger partial charge in [0, 0.05) is 27.5 Å². The Bertz CT molecular complexity index is 1120. The number of aromatic nitrogens is 4. The molecule has 0 amide bonds. The number of halogens is 1. The van der Waals surface area contributed by atoms with Gasteiger partial charge in [-0.25, -0.2) is 4.98 Å². The lowest BCUT2D eigenvalue weighted by Crippen LogP contribution is -2.10. The Balaban J connectivity index is 1.73. The Morgan fingerprint density at radius 3 is 2.25 bits per heavy atom. The zero-order valence-electron chi connectivity index (χ0n) is 16.4. The lowest BCUT2D eigenvalue weighted by Gasteiger charge is -2.18.